The summed E-state index contributed by atoms with van der Waals surface area (Å²) in [5, 5.41) is 0. The Hall–Kier alpha value is -0.980. The molecule has 0 saturated carbocycles. The van der Waals surface area contributed by atoms with Crippen LogP contribution in [0.5, 0.6) is 5.75 Å². The highest BCUT2D eigenvalue weighted by Gasteiger charge is 2.21. The Labute approximate surface area is 86.1 Å². The van der Waals surface area contributed by atoms with Gasteiger partial charge >= 0.3 is 0 Å². The Balaban J connectivity index is 2.45. The molecule has 1 aromatic carbocycles. The third kappa shape index (κ3) is 1.52. The van der Waals surface area contributed by atoms with Gasteiger partial charge in [-0.15, -0.1) is 0 Å². The van der Waals surface area contributed by atoms with E-state index < -0.39 is 0 Å². The van der Waals surface area contributed by atoms with Crippen molar-refractivity contribution in [1.82, 2.24) is 0 Å². The van der Waals surface area contributed by atoms with E-state index in [2.05, 4.69) is 32.0 Å². The van der Waals surface area contributed by atoms with E-state index in [9.17, 15) is 0 Å². The Morgan fingerprint density at radius 3 is 2.36 bits per heavy atom. The van der Waals surface area contributed by atoms with Gasteiger partial charge in [0, 0.05) is 0 Å². The van der Waals surface area contributed by atoms with Crippen molar-refractivity contribution in [2.75, 3.05) is 7.11 Å². The fourth-order valence-electron chi connectivity index (χ4n) is 2.37. The molecule has 0 radical (unpaired) electrons. The lowest BCUT2D eigenvalue weighted by molar-refractivity contribution is 0.412. The molecule has 0 fully saturated rings. The van der Waals surface area contributed by atoms with Crippen LogP contribution in [-0.2, 0) is 0 Å². The van der Waals surface area contributed by atoms with Crippen molar-refractivity contribution in [3.05, 3.63) is 29.3 Å². The van der Waals surface area contributed by atoms with E-state index in [4.69, 9.17) is 4.74 Å². The standard InChI is InChI=1S/C13H18O/c1-9-4-5-10(2)13-8-11(14-3)6-7-12(9)13/h6-10H,4-5H2,1-3H3. The van der Waals surface area contributed by atoms with E-state index in [1.807, 2.05) is 0 Å². The first-order valence-corrected chi connectivity index (χ1v) is 5.40. The van der Waals surface area contributed by atoms with Gasteiger partial charge in [-0.05, 0) is 47.9 Å². The van der Waals surface area contributed by atoms with Gasteiger partial charge in [-0.3, -0.25) is 0 Å². The van der Waals surface area contributed by atoms with Crippen LogP contribution in [0.1, 0.15) is 49.7 Å². The monoisotopic (exact) mass is 190 g/mol. The summed E-state index contributed by atoms with van der Waals surface area (Å²) in [5.41, 5.74) is 3.01. The van der Waals surface area contributed by atoms with Gasteiger partial charge < -0.3 is 4.74 Å². The van der Waals surface area contributed by atoms with Crippen molar-refractivity contribution >= 4 is 0 Å². The lowest BCUT2D eigenvalue weighted by Gasteiger charge is -2.27. The predicted molar refractivity (Wildman–Crippen MR) is 59.1 cm³/mol. The summed E-state index contributed by atoms with van der Waals surface area (Å²) in [6.45, 7) is 4.63. The second-order valence-corrected chi connectivity index (χ2v) is 4.37. The summed E-state index contributed by atoms with van der Waals surface area (Å²) in [7, 11) is 1.73. The molecule has 0 saturated heterocycles. The zero-order valence-corrected chi connectivity index (χ0v) is 9.21. The Kier molecular flexibility index (Phi) is 2.49. The lowest BCUT2D eigenvalue weighted by atomic mass is 9.78. The maximum atomic E-state index is 5.26. The smallest absolute Gasteiger partial charge is 0.119 e. The first kappa shape index (κ1) is 9.57. The number of fused-ring (bicyclic) bond motifs is 1. The van der Waals surface area contributed by atoms with Crippen LogP contribution in [0, 0.1) is 0 Å². The maximum absolute atomic E-state index is 5.26. The van der Waals surface area contributed by atoms with Crippen molar-refractivity contribution in [2.24, 2.45) is 0 Å². The van der Waals surface area contributed by atoms with Crippen molar-refractivity contribution in [3.63, 3.8) is 0 Å². The van der Waals surface area contributed by atoms with Gasteiger partial charge in [0.2, 0.25) is 0 Å². The van der Waals surface area contributed by atoms with Crippen LogP contribution in [0.4, 0.5) is 0 Å². The van der Waals surface area contributed by atoms with Gasteiger partial charge in [-0.2, -0.15) is 0 Å². The van der Waals surface area contributed by atoms with E-state index in [1.165, 1.54) is 24.0 Å². The maximum Gasteiger partial charge on any atom is 0.119 e. The largest absolute Gasteiger partial charge is 0.497 e. The first-order chi connectivity index (χ1) is 6.72. The van der Waals surface area contributed by atoms with Gasteiger partial charge in [0.05, 0.1) is 7.11 Å². The fourth-order valence-corrected chi connectivity index (χ4v) is 2.37. The molecule has 2 unspecified atom stereocenters. The molecule has 0 aliphatic heterocycles. The van der Waals surface area contributed by atoms with Gasteiger partial charge in [0.1, 0.15) is 5.75 Å². The number of methoxy groups -OCH3 is 1. The molecule has 1 aromatic rings. The average molecular weight is 190 g/mol. The van der Waals surface area contributed by atoms with Crippen LogP contribution in [0.3, 0.4) is 0 Å². The van der Waals surface area contributed by atoms with Crippen LogP contribution in [0.15, 0.2) is 18.2 Å². The highest BCUT2D eigenvalue weighted by atomic mass is 16.5. The molecule has 0 bridgehead atoms. The number of hydrogen-bond acceptors (Lipinski definition) is 1. The van der Waals surface area contributed by atoms with Crippen molar-refractivity contribution in [1.29, 1.82) is 0 Å². The lowest BCUT2D eigenvalue weighted by Crippen LogP contribution is -2.10. The van der Waals surface area contributed by atoms with Crippen molar-refractivity contribution in [2.45, 2.75) is 38.5 Å². The Morgan fingerprint density at radius 2 is 1.71 bits per heavy atom. The molecule has 1 aliphatic rings. The highest BCUT2D eigenvalue weighted by molar-refractivity contribution is 5.41. The van der Waals surface area contributed by atoms with Crippen molar-refractivity contribution < 1.29 is 4.74 Å². The molecule has 0 aromatic heterocycles. The fraction of sp³-hybridized carbons (Fsp3) is 0.538. The third-order valence-corrected chi connectivity index (χ3v) is 3.39. The van der Waals surface area contributed by atoms with Crippen LogP contribution in [0.25, 0.3) is 0 Å². The molecule has 1 nitrogen and oxygen atoms in total. The van der Waals surface area contributed by atoms with Gasteiger partial charge in [-0.1, -0.05) is 19.9 Å². The normalized spacial score (nSPS) is 25.6. The van der Waals surface area contributed by atoms with Gasteiger partial charge in [-0.25, -0.2) is 0 Å². The van der Waals surface area contributed by atoms with E-state index in [1.54, 1.807) is 7.11 Å². The number of benzene rings is 1. The minimum Gasteiger partial charge on any atom is -0.497 e. The number of hydrogen-bond donors (Lipinski definition) is 0. The number of rotatable bonds is 1. The molecule has 0 spiro atoms. The van der Waals surface area contributed by atoms with Crippen molar-refractivity contribution in [3.8, 4) is 5.75 Å². The third-order valence-electron chi connectivity index (χ3n) is 3.39. The van der Waals surface area contributed by atoms with E-state index in [0.29, 0.717) is 11.8 Å². The predicted octanol–water partition coefficient (Wildman–Crippen LogP) is 3.70. The number of ether oxygens (including phenoxy) is 1. The molecule has 0 N–H and O–H groups in total. The molecule has 0 heterocycles. The molecule has 2 rings (SSSR count). The first-order valence-electron chi connectivity index (χ1n) is 5.40. The summed E-state index contributed by atoms with van der Waals surface area (Å²) in [4.78, 5) is 0. The van der Waals surface area contributed by atoms with Crippen LogP contribution >= 0.6 is 0 Å². The van der Waals surface area contributed by atoms with Crippen LogP contribution in [0.2, 0.25) is 0 Å². The van der Waals surface area contributed by atoms with E-state index in [-0.39, 0.29) is 0 Å². The van der Waals surface area contributed by atoms with E-state index in [0.717, 1.165) is 5.75 Å². The second kappa shape index (κ2) is 3.64. The second-order valence-electron chi connectivity index (χ2n) is 4.37. The molecule has 2 atom stereocenters. The SMILES string of the molecule is COc1ccc2c(c1)C(C)CCC2C. The molecule has 76 valence electrons. The minimum atomic E-state index is 0.691. The van der Waals surface area contributed by atoms with E-state index >= 15 is 0 Å². The van der Waals surface area contributed by atoms with Gasteiger partial charge in [0.25, 0.3) is 0 Å². The quantitative estimate of drug-likeness (QED) is 0.656. The molecular formula is C13H18O. The average Bonchev–Trinajstić information content (AvgIpc) is 2.23. The molecule has 1 heteroatoms. The zero-order chi connectivity index (χ0) is 10.1. The topological polar surface area (TPSA) is 9.23 Å². The Bertz CT molecular complexity index is 330. The highest BCUT2D eigenvalue weighted by Crippen LogP contribution is 2.39. The summed E-state index contributed by atoms with van der Waals surface area (Å²) in [6, 6.07) is 6.51. The summed E-state index contributed by atoms with van der Waals surface area (Å²) >= 11 is 0. The Morgan fingerprint density at radius 1 is 1.07 bits per heavy atom. The molecule has 1 aliphatic carbocycles. The van der Waals surface area contributed by atoms with Crippen LogP contribution in [-0.4, -0.2) is 7.11 Å². The van der Waals surface area contributed by atoms with Gasteiger partial charge in [0.15, 0.2) is 0 Å². The zero-order valence-electron chi connectivity index (χ0n) is 9.21. The minimum absolute atomic E-state index is 0.691. The molecular weight excluding hydrogens is 172 g/mol. The summed E-state index contributed by atoms with van der Waals surface area (Å²) < 4.78 is 5.26. The van der Waals surface area contributed by atoms with Crippen LogP contribution < -0.4 is 4.74 Å². The summed E-state index contributed by atoms with van der Waals surface area (Å²) in [6.07, 6.45) is 2.63. The summed E-state index contributed by atoms with van der Waals surface area (Å²) in [5.74, 6) is 2.40. The molecule has 0 amide bonds. The molecule has 14 heavy (non-hydrogen) atoms.